The van der Waals surface area contributed by atoms with Crippen molar-refractivity contribution in [3.8, 4) is 0 Å². The second-order valence-corrected chi connectivity index (χ2v) is 9.48. The van der Waals surface area contributed by atoms with Crippen LogP contribution in [0.2, 0.25) is 0 Å². The number of carbonyl (C=O) groups is 1. The summed E-state index contributed by atoms with van der Waals surface area (Å²) in [5, 5.41) is 3.23. The largest absolute Gasteiger partial charge is 0.351 e. The number of aromatic nitrogens is 2. The Labute approximate surface area is 149 Å². The van der Waals surface area contributed by atoms with Gasteiger partial charge in [-0.1, -0.05) is 32.9 Å². The normalized spacial score (nSPS) is 29.7. The van der Waals surface area contributed by atoms with E-state index in [0.717, 1.165) is 35.3 Å². The van der Waals surface area contributed by atoms with Gasteiger partial charge in [0.2, 0.25) is 5.91 Å². The first-order chi connectivity index (χ1) is 11.5. The summed E-state index contributed by atoms with van der Waals surface area (Å²) in [4.78, 5) is 23.5. The van der Waals surface area contributed by atoms with Gasteiger partial charge in [0.05, 0.1) is 27.8 Å². The third-order valence-electron chi connectivity index (χ3n) is 6.82. The maximum atomic E-state index is 13.5. The Kier molecular flexibility index (Phi) is 3.03. The highest BCUT2D eigenvalue weighted by Crippen LogP contribution is 2.70. The monoisotopic (exact) mass is 337 g/mol. The molecule has 2 aliphatic carbocycles. The van der Waals surface area contributed by atoms with Crippen molar-refractivity contribution < 1.29 is 4.79 Å². The molecule has 132 valence electrons. The summed E-state index contributed by atoms with van der Waals surface area (Å²) in [7, 11) is 0. The summed E-state index contributed by atoms with van der Waals surface area (Å²) in [5.74, 6) is 0.0945. The van der Waals surface area contributed by atoms with Crippen molar-refractivity contribution in [3.05, 3.63) is 35.7 Å². The van der Waals surface area contributed by atoms with Crippen molar-refractivity contribution in [2.45, 2.75) is 70.8 Å². The number of hydrogen-bond acceptors (Lipinski definition) is 3. The van der Waals surface area contributed by atoms with Gasteiger partial charge in [-0.3, -0.25) is 4.79 Å². The maximum absolute atomic E-state index is 13.5. The molecule has 1 saturated carbocycles. The smallest absolute Gasteiger partial charge is 0.233 e. The van der Waals surface area contributed by atoms with Crippen LogP contribution in [0, 0.1) is 5.41 Å². The molecule has 2 aromatic rings. The van der Waals surface area contributed by atoms with Crippen molar-refractivity contribution in [2.75, 3.05) is 0 Å². The molecule has 1 heterocycles. The Morgan fingerprint density at radius 2 is 1.56 bits per heavy atom. The molecule has 25 heavy (non-hydrogen) atoms. The van der Waals surface area contributed by atoms with Crippen LogP contribution >= 0.6 is 0 Å². The van der Waals surface area contributed by atoms with E-state index in [0.29, 0.717) is 0 Å². The van der Waals surface area contributed by atoms with E-state index in [1.807, 2.05) is 45.0 Å². The van der Waals surface area contributed by atoms with E-state index >= 15 is 0 Å². The maximum Gasteiger partial charge on any atom is 0.233 e. The fourth-order valence-corrected chi connectivity index (χ4v) is 5.00. The lowest BCUT2D eigenvalue weighted by atomic mass is 9.63. The predicted molar refractivity (Wildman–Crippen MR) is 99.5 cm³/mol. The van der Waals surface area contributed by atoms with Gasteiger partial charge in [-0.05, 0) is 51.2 Å². The second-order valence-electron chi connectivity index (χ2n) is 9.48. The molecule has 1 amide bonds. The Hall–Kier alpha value is -1.97. The minimum absolute atomic E-state index is 0.0945. The highest BCUT2D eigenvalue weighted by molar-refractivity contribution is 5.93. The molecule has 1 aromatic carbocycles. The molecule has 0 spiro atoms. The minimum Gasteiger partial charge on any atom is -0.351 e. The number of amides is 1. The molecule has 4 nitrogen and oxygen atoms in total. The van der Waals surface area contributed by atoms with E-state index in [1.54, 1.807) is 0 Å². The Morgan fingerprint density at radius 3 is 2.12 bits per heavy atom. The van der Waals surface area contributed by atoms with Crippen molar-refractivity contribution in [1.29, 1.82) is 0 Å². The summed E-state index contributed by atoms with van der Waals surface area (Å²) in [6.07, 6.45) is 1.80. The molecule has 0 radical (unpaired) electrons. The molecule has 0 aliphatic heterocycles. The predicted octanol–water partition coefficient (Wildman–Crippen LogP) is 3.87. The van der Waals surface area contributed by atoms with Gasteiger partial charge in [0, 0.05) is 11.0 Å². The van der Waals surface area contributed by atoms with Crippen molar-refractivity contribution in [3.63, 3.8) is 0 Å². The molecule has 0 saturated heterocycles. The molecule has 2 aliphatic rings. The van der Waals surface area contributed by atoms with Crippen LogP contribution in [-0.4, -0.2) is 21.4 Å². The second kappa shape index (κ2) is 4.60. The number of nitrogens with one attached hydrogen (secondary N) is 1. The van der Waals surface area contributed by atoms with E-state index in [1.165, 1.54) is 0 Å². The van der Waals surface area contributed by atoms with Gasteiger partial charge in [-0.15, -0.1) is 0 Å². The van der Waals surface area contributed by atoms with Crippen LogP contribution in [0.1, 0.15) is 65.8 Å². The molecule has 1 aromatic heterocycles. The molecule has 2 atom stereocenters. The third kappa shape index (κ3) is 1.85. The number of nitrogens with zero attached hydrogens (tertiary/aromatic N) is 2. The molecular weight excluding hydrogens is 310 g/mol. The van der Waals surface area contributed by atoms with E-state index in [2.05, 4.69) is 26.1 Å². The van der Waals surface area contributed by atoms with E-state index in [-0.39, 0.29) is 22.3 Å². The van der Waals surface area contributed by atoms with Crippen LogP contribution in [0.15, 0.2) is 24.3 Å². The highest BCUT2D eigenvalue weighted by Gasteiger charge is 2.73. The SMILES string of the molecule is CC(C)(C)NC(=O)[C@]12CC[C@](C)(c3nc4ccccc4nc31)C2(C)C. The summed E-state index contributed by atoms with van der Waals surface area (Å²) in [6, 6.07) is 7.96. The molecule has 1 fully saturated rings. The van der Waals surface area contributed by atoms with Crippen LogP contribution in [0.25, 0.3) is 11.0 Å². The molecule has 2 bridgehead atoms. The summed E-state index contributed by atoms with van der Waals surface area (Å²) in [6.45, 7) is 12.8. The summed E-state index contributed by atoms with van der Waals surface area (Å²) >= 11 is 0. The van der Waals surface area contributed by atoms with Gasteiger partial charge in [0.15, 0.2) is 0 Å². The number of hydrogen-bond donors (Lipinski definition) is 1. The average Bonchev–Trinajstić information content (AvgIpc) is 2.80. The zero-order chi connectivity index (χ0) is 18.3. The zero-order valence-electron chi connectivity index (χ0n) is 16.0. The lowest BCUT2D eigenvalue weighted by Crippen LogP contribution is -2.55. The van der Waals surface area contributed by atoms with E-state index < -0.39 is 5.41 Å². The number of carbonyl (C=O) groups excluding carboxylic acids is 1. The number of para-hydroxylation sites is 2. The minimum atomic E-state index is -0.610. The van der Waals surface area contributed by atoms with Crippen LogP contribution in [0.3, 0.4) is 0 Å². The Bertz CT molecular complexity index is 896. The summed E-state index contributed by atoms with van der Waals surface area (Å²) in [5.41, 5.74) is 2.46. The van der Waals surface area contributed by atoms with Gasteiger partial charge < -0.3 is 5.32 Å². The molecule has 0 unspecified atom stereocenters. The summed E-state index contributed by atoms with van der Waals surface area (Å²) < 4.78 is 0. The molecule has 4 rings (SSSR count). The fourth-order valence-electron chi connectivity index (χ4n) is 5.00. The van der Waals surface area contributed by atoms with Crippen molar-refractivity contribution >= 4 is 16.9 Å². The first-order valence-electron chi connectivity index (χ1n) is 9.13. The van der Waals surface area contributed by atoms with Gasteiger partial charge in [0.25, 0.3) is 0 Å². The Balaban J connectivity index is 2.00. The van der Waals surface area contributed by atoms with Crippen LogP contribution in [0.4, 0.5) is 0 Å². The molecule has 4 heteroatoms. The van der Waals surface area contributed by atoms with Gasteiger partial charge in [-0.2, -0.15) is 0 Å². The highest BCUT2D eigenvalue weighted by atomic mass is 16.2. The lowest BCUT2D eigenvalue weighted by Gasteiger charge is -2.40. The fraction of sp³-hybridized carbons (Fsp3) is 0.571. The van der Waals surface area contributed by atoms with Gasteiger partial charge >= 0.3 is 0 Å². The first kappa shape index (κ1) is 16.5. The third-order valence-corrected chi connectivity index (χ3v) is 6.82. The number of benzene rings is 1. The molecule has 1 N–H and O–H groups in total. The van der Waals surface area contributed by atoms with Crippen molar-refractivity contribution in [2.24, 2.45) is 5.41 Å². The van der Waals surface area contributed by atoms with Crippen LogP contribution < -0.4 is 5.32 Å². The van der Waals surface area contributed by atoms with E-state index in [9.17, 15) is 4.79 Å². The standard InChI is InChI=1S/C21H27N3O/c1-18(2,3)24-17(25)21-12-11-20(6,19(21,4)5)15-16(21)23-14-10-8-7-9-13(14)22-15/h7-10H,11-12H2,1-6H3,(H,24,25)/t20-,21+/m1/s1. The van der Waals surface area contributed by atoms with Gasteiger partial charge in [0.1, 0.15) is 0 Å². The van der Waals surface area contributed by atoms with E-state index in [4.69, 9.17) is 9.97 Å². The quantitative estimate of drug-likeness (QED) is 0.859. The topological polar surface area (TPSA) is 54.9 Å². The van der Waals surface area contributed by atoms with Crippen LogP contribution in [0.5, 0.6) is 0 Å². The molecular formula is C21H27N3O. The number of rotatable bonds is 1. The lowest BCUT2D eigenvalue weighted by molar-refractivity contribution is -0.132. The van der Waals surface area contributed by atoms with Gasteiger partial charge in [-0.25, -0.2) is 9.97 Å². The number of fused-ring (bicyclic) bond motifs is 6. The van der Waals surface area contributed by atoms with Crippen LogP contribution in [-0.2, 0) is 15.6 Å². The zero-order valence-corrected chi connectivity index (χ0v) is 16.0. The Morgan fingerprint density at radius 1 is 1.00 bits per heavy atom. The van der Waals surface area contributed by atoms with Crippen molar-refractivity contribution in [1.82, 2.24) is 15.3 Å². The average molecular weight is 337 g/mol. The first-order valence-corrected chi connectivity index (χ1v) is 9.13.